The SMILES string of the molecule is CCN(Cc1ccccc1)C(=O)C(C)Sc1nnnn1-c1cccc(NC(C)=O)c1. The van der Waals surface area contributed by atoms with Crippen molar-refractivity contribution >= 4 is 29.3 Å². The zero-order chi connectivity index (χ0) is 21.5. The topological polar surface area (TPSA) is 93.0 Å². The fourth-order valence-electron chi connectivity index (χ4n) is 2.95. The van der Waals surface area contributed by atoms with Gasteiger partial charge in [0.1, 0.15) is 0 Å². The van der Waals surface area contributed by atoms with Gasteiger partial charge in [-0.25, -0.2) is 0 Å². The number of amides is 2. The normalized spacial score (nSPS) is 11.7. The lowest BCUT2D eigenvalue weighted by Gasteiger charge is -2.24. The van der Waals surface area contributed by atoms with Crippen molar-refractivity contribution < 1.29 is 9.59 Å². The van der Waals surface area contributed by atoms with E-state index < -0.39 is 0 Å². The average molecular weight is 425 g/mol. The van der Waals surface area contributed by atoms with Gasteiger partial charge in [0.15, 0.2) is 0 Å². The molecule has 0 fully saturated rings. The van der Waals surface area contributed by atoms with E-state index in [0.29, 0.717) is 29.6 Å². The predicted molar refractivity (Wildman–Crippen MR) is 116 cm³/mol. The van der Waals surface area contributed by atoms with E-state index in [1.54, 1.807) is 16.8 Å². The number of nitrogens with zero attached hydrogens (tertiary/aromatic N) is 5. The summed E-state index contributed by atoms with van der Waals surface area (Å²) in [5.41, 5.74) is 2.44. The molecule has 0 radical (unpaired) electrons. The molecule has 8 nitrogen and oxygen atoms in total. The predicted octanol–water partition coefficient (Wildman–Crippen LogP) is 3.15. The van der Waals surface area contributed by atoms with Crippen LogP contribution in [0.15, 0.2) is 59.8 Å². The zero-order valence-electron chi connectivity index (χ0n) is 17.1. The Hall–Kier alpha value is -3.20. The van der Waals surface area contributed by atoms with Crippen LogP contribution in [0.5, 0.6) is 0 Å². The third-order valence-corrected chi connectivity index (χ3v) is 5.41. The van der Waals surface area contributed by atoms with Crippen LogP contribution in [-0.2, 0) is 16.1 Å². The van der Waals surface area contributed by atoms with Crippen molar-refractivity contribution in [1.29, 1.82) is 0 Å². The lowest BCUT2D eigenvalue weighted by molar-refractivity contribution is -0.130. The first-order valence-electron chi connectivity index (χ1n) is 9.63. The summed E-state index contributed by atoms with van der Waals surface area (Å²) < 4.78 is 1.56. The molecule has 30 heavy (non-hydrogen) atoms. The van der Waals surface area contributed by atoms with Gasteiger partial charge >= 0.3 is 0 Å². The van der Waals surface area contributed by atoms with Crippen LogP contribution in [0.4, 0.5) is 5.69 Å². The summed E-state index contributed by atoms with van der Waals surface area (Å²) in [5, 5.41) is 14.8. The van der Waals surface area contributed by atoms with E-state index in [9.17, 15) is 9.59 Å². The third kappa shape index (κ3) is 5.44. The summed E-state index contributed by atoms with van der Waals surface area (Å²) in [7, 11) is 0. The maximum absolute atomic E-state index is 13.0. The monoisotopic (exact) mass is 424 g/mol. The number of carbonyl (C=O) groups excluding carboxylic acids is 2. The van der Waals surface area contributed by atoms with Crippen LogP contribution >= 0.6 is 11.8 Å². The Balaban J connectivity index is 1.73. The first-order chi connectivity index (χ1) is 14.5. The van der Waals surface area contributed by atoms with Crippen molar-refractivity contribution in [2.45, 2.75) is 37.7 Å². The molecular weight excluding hydrogens is 400 g/mol. The molecule has 3 aromatic rings. The molecule has 0 saturated carbocycles. The highest BCUT2D eigenvalue weighted by Crippen LogP contribution is 2.25. The summed E-state index contributed by atoms with van der Waals surface area (Å²) in [5.74, 6) is -0.136. The van der Waals surface area contributed by atoms with E-state index >= 15 is 0 Å². The Morgan fingerprint density at radius 2 is 1.93 bits per heavy atom. The molecule has 1 atom stereocenters. The van der Waals surface area contributed by atoms with Crippen LogP contribution in [-0.4, -0.2) is 48.7 Å². The summed E-state index contributed by atoms with van der Waals surface area (Å²) in [6, 6.07) is 17.1. The van der Waals surface area contributed by atoms with Gasteiger partial charge in [-0.1, -0.05) is 48.2 Å². The molecule has 0 spiro atoms. The Bertz CT molecular complexity index is 1010. The maximum atomic E-state index is 13.0. The lowest BCUT2D eigenvalue weighted by Crippen LogP contribution is -2.36. The van der Waals surface area contributed by atoms with Gasteiger partial charge in [-0.15, -0.1) is 5.10 Å². The van der Waals surface area contributed by atoms with Crippen LogP contribution < -0.4 is 5.32 Å². The van der Waals surface area contributed by atoms with Crippen molar-refractivity contribution in [3.05, 3.63) is 60.2 Å². The summed E-state index contributed by atoms with van der Waals surface area (Å²) in [6.45, 7) is 6.45. The molecule has 2 aromatic carbocycles. The first-order valence-corrected chi connectivity index (χ1v) is 10.5. The fraction of sp³-hybridized carbons (Fsp3) is 0.286. The highest BCUT2D eigenvalue weighted by atomic mass is 32.2. The maximum Gasteiger partial charge on any atom is 0.236 e. The van der Waals surface area contributed by atoms with Gasteiger partial charge in [-0.3, -0.25) is 9.59 Å². The van der Waals surface area contributed by atoms with Crippen LogP contribution in [0.3, 0.4) is 0 Å². The second-order valence-electron chi connectivity index (χ2n) is 6.70. The van der Waals surface area contributed by atoms with Gasteiger partial charge in [0, 0.05) is 25.7 Å². The molecule has 0 aliphatic carbocycles. The number of hydrogen-bond acceptors (Lipinski definition) is 6. The zero-order valence-corrected chi connectivity index (χ0v) is 18.0. The standard InChI is InChI=1S/C21H24N6O2S/c1-4-26(14-17-9-6-5-7-10-17)20(29)15(2)30-21-23-24-25-27(21)19-12-8-11-18(13-19)22-16(3)28/h5-13,15H,4,14H2,1-3H3,(H,22,28). The molecule has 0 aliphatic rings. The Morgan fingerprint density at radius 3 is 2.63 bits per heavy atom. The Labute approximate surface area is 179 Å². The van der Waals surface area contributed by atoms with E-state index in [2.05, 4.69) is 20.8 Å². The number of tetrazole rings is 1. The Morgan fingerprint density at radius 1 is 1.17 bits per heavy atom. The Kier molecular flexibility index (Phi) is 7.18. The molecule has 156 valence electrons. The van der Waals surface area contributed by atoms with Gasteiger partial charge in [0.25, 0.3) is 0 Å². The molecule has 0 saturated heterocycles. The number of thioether (sulfide) groups is 1. The van der Waals surface area contributed by atoms with Gasteiger partial charge in [-0.2, -0.15) is 4.68 Å². The number of carbonyl (C=O) groups is 2. The van der Waals surface area contributed by atoms with Gasteiger partial charge in [-0.05, 0) is 48.0 Å². The number of hydrogen-bond donors (Lipinski definition) is 1. The van der Waals surface area contributed by atoms with Crippen molar-refractivity contribution in [3.63, 3.8) is 0 Å². The van der Waals surface area contributed by atoms with E-state index in [1.807, 2.05) is 61.2 Å². The molecule has 2 amide bonds. The largest absolute Gasteiger partial charge is 0.338 e. The van der Waals surface area contributed by atoms with Crippen LogP contribution in [0.2, 0.25) is 0 Å². The average Bonchev–Trinajstić information content (AvgIpc) is 3.20. The van der Waals surface area contributed by atoms with Gasteiger partial charge in [0.2, 0.25) is 17.0 Å². The minimum Gasteiger partial charge on any atom is -0.338 e. The molecule has 1 N–H and O–H groups in total. The van der Waals surface area contributed by atoms with Crippen molar-refractivity contribution in [2.75, 3.05) is 11.9 Å². The van der Waals surface area contributed by atoms with Crippen molar-refractivity contribution in [3.8, 4) is 5.69 Å². The minimum atomic E-state index is -0.364. The smallest absolute Gasteiger partial charge is 0.236 e. The van der Waals surface area contributed by atoms with Gasteiger partial charge in [0.05, 0.1) is 10.9 Å². The highest BCUT2D eigenvalue weighted by molar-refractivity contribution is 8.00. The molecule has 3 rings (SSSR count). The van der Waals surface area contributed by atoms with Crippen molar-refractivity contribution in [1.82, 2.24) is 25.1 Å². The van der Waals surface area contributed by atoms with E-state index in [4.69, 9.17) is 0 Å². The molecule has 1 unspecified atom stereocenters. The summed E-state index contributed by atoms with van der Waals surface area (Å²) in [6.07, 6.45) is 0. The first kappa shape index (κ1) is 21.5. The summed E-state index contributed by atoms with van der Waals surface area (Å²) in [4.78, 5) is 26.1. The molecule has 9 heteroatoms. The van der Waals surface area contributed by atoms with Crippen LogP contribution in [0, 0.1) is 0 Å². The number of nitrogens with one attached hydrogen (secondary N) is 1. The summed E-state index contributed by atoms with van der Waals surface area (Å²) >= 11 is 1.30. The quantitative estimate of drug-likeness (QED) is 0.559. The third-order valence-electron chi connectivity index (χ3n) is 4.39. The number of rotatable bonds is 8. The van der Waals surface area contributed by atoms with E-state index in [0.717, 1.165) is 5.56 Å². The van der Waals surface area contributed by atoms with E-state index in [1.165, 1.54) is 18.7 Å². The number of anilines is 1. The molecule has 0 aliphatic heterocycles. The molecule has 1 aromatic heterocycles. The molecular formula is C21H24N6O2S. The van der Waals surface area contributed by atoms with Gasteiger partial charge < -0.3 is 10.2 Å². The lowest BCUT2D eigenvalue weighted by atomic mass is 10.2. The number of benzene rings is 2. The fourth-order valence-corrected chi connectivity index (χ4v) is 3.84. The highest BCUT2D eigenvalue weighted by Gasteiger charge is 2.23. The second kappa shape index (κ2) is 10.0. The second-order valence-corrected chi connectivity index (χ2v) is 8.01. The minimum absolute atomic E-state index is 0.0212. The van der Waals surface area contributed by atoms with Crippen LogP contribution in [0.25, 0.3) is 5.69 Å². The molecule has 1 heterocycles. The van der Waals surface area contributed by atoms with Crippen LogP contribution in [0.1, 0.15) is 26.3 Å². The van der Waals surface area contributed by atoms with E-state index in [-0.39, 0.29) is 17.1 Å². The number of aromatic nitrogens is 4. The molecule has 0 bridgehead atoms. The van der Waals surface area contributed by atoms with Crippen molar-refractivity contribution in [2.24, 2.45) is 0 Å².